The van der Waals surface area contributed by atoms with Gasteiger partial charge in [-0.05, 0) is 24.6 Å². The Morgan fingerprint density at radius 3 is 2.88 bits per heavy atom. The van der Waals surface area contributed by atoms with Gasteiger partial charge >= 0.3 is 0 Å². The highest BCUT2D eigenvalue weighted by Crippen LogP contribution is 2.19. The Morgan fingerprint density at radius 1 is 1.53 bits per heavy atom. The molecule has 0 aliphatic rings. The molecule has 0 aliphatic heterocycles. The van der Waals surface area contributed by atoms with E-state index in [1.54, 1.807) is 18.2 Å². The lowest BCUT2D eigenvalue weighted by Crippen LogP contribution is -2.30. The Bertz CT molecular complexity index is 440. The van der Waals surface area contributed by atoms with Crippen molar-refractivity contribution in [3.8, 4) is 6.07 Å². The second-order valence-electron chi connectivity index (χ2n) is 3.51. The van der Waals surface area contributed by atoms with Crippen molar-refractivity contribution >= 4 is 23.2 Å². The second kappa shape index (κ2) is 6.77. The highest BCUT2D eigenvalue weighted by Gasteiger charge is 2.03. The van der Waals surface area contributed by atoms with Gasteiger partial charge in [-0.3, -0.25) is 4.79 Å². The summed E-state index contributed by atoms with van der Waals surface area (Å²) in [4.78, 5) is 11.3. The van der Waals surface area contributed by atoms with Gasteiger partial charge in [-0.1, -0.05) is 18.5 Å². The molecule has 0 unspecified atom stereocenters. The third-order valence-electron chi connectivity index (χ3n) is 2.11. The summed E-state index contributed by atoms with van der Waals surface area (Å²) in [5.74, 6) is -0.0627. The van der Waals surface area contributed by atoms with Crippen molar-refractivity contribution in [2.75, 3.05) is 18.4 Å². The number of halogens is 1. The molecule has 0 spiro atoms. The molecule has 0 atom stereocenters. The zero-order valence-corrected chi connectivity index (χ0v) is 10.3. The molecule has 17 heavy (non-hydrogen) atoms. The number of amides is 1. The summed E-state index contributed by atoms with van der Waals surface area (Å²) in [5, 5.41) is 14.8. The largest absolute Gasteiger partial charge is 0.376 e. The third kappa shape index (κ3) is 4.33. The van der Waals surface area contributed by atoms with E-state index < -0.39 is 0 Å². The van der Waals surface area contributed by atoms with E-state index in [1.165, 1.54) is 0 Å². The minimum absolute atomic E-state index is 0.0627. The van der Waals surface area contributed by atoms with Gasteiger partial charge in [0.15, 0.2) is 0 Å². The van der Waals surface area contributed by atoms with Crippen molar-refractivity contribution in [1.29, 1.82) is 5.26 Å². The van der Waals surface area contributed by atoms with E-state index in [1.807, 2.05) is 13.0 Å². The zero-order chi connectivity index (χ0) is 12.7. The first-order valence-corrected chi connectivity index (χ1v) is 5.75. The molecule has 0 aromatic heterocycles. The van der Waals surface area contributed by atoms with Crippen LogP contribution in [0.3, 0.4) is 0 Å². The second-order valence-corrected chi connectivity index (χ2v) is 3.92. The molecule has 0 saturated heterocycles. The predicted molar refractivity (Wildman–Crippen MR) is 68.0 cm³/mol. The Morgan fingerprint density at radius 2 is 2.29 bits per heavy atom. The first-order valence-electron chi connectivity index (χ1n) is 5.37. The molecule has 0 bridgehead atoms. The van der Waals surface area contributed by atoms with Crippen molar-refractivity contribution in [2.24, 2.45) is 0 Å². The van der Waals surface area contributed by atoms with Crippen LogP contribution in [0.15, 0.2) is 18.2 Å². The Hall–Kier alpha value is -1.73. The molecule has 1 aromatic carbocycles. The van der Waals surface area contributed by atoms with E-state index in [9.17, 15) is 4.79 Å². The van der Waals surface area contributed by atoms with Gasteiger partial charge in [0, 0.05) is 12.2 Å². The molecule has 5 heteroatoms. The normalized spacial score (nSPS) is 9.47. The molecule has 2 N–H and O–H groups in total. The van der Waals surface area contributed by atoms with E-state index >= 15 is 0 Å². The lowest BCUT2D eigenvalue weighted by atomic mass is 10.2. The van der Waals surface area contributed by atoms with Crippen LogP contribution in [-0.2, 0) is 4.79 Å². The van der Waals surface area contributed by atoms with Crippen LogP contribution < -0.4 is 10.6 Å². The summed E-state index contributed by atoms with van der Waals surface area (Å²) >= 11 is 5.87. The van der Waals surface area contributed by atoms with Crippen LogP contribution >= 0.6 is 11.6 Å². The predicted octanol–water partition coefficient (Wildman–Crippen LogP) is 2.15. The quantitative estimate of drug-likeness (QED) is 0.843. The Balaban J connectivity index is 2.50. The highest BCUT2D eigenvalue weighted by atomic mass is 35.5. The van der Waals surface area contributed by atoms with Crippen LogP contribution in [0.25, 0.3) is 0 Å². The van der Waals surface area contributed by atoms with Crippen molar-refractivity contribution < 1.29 is 4.79 Å². The number of hydrogen-bond donors (Lipinski definition) is 2. The molecule has 0 aliphatic carbocycles. The maximum Gasteiger partial charge on any atom is 0.239 e. The van der Waals surface area contributed by atoms with E-state index in [0.29, 0.717) is 17.1 Å². The number of anilines is 1. The van der Waals surface area contributed by atoms with Crippen LogP contribution in [-0.4, -0.2) is 19.0 Å². The molecule has 1 rings (SSSR count). The van der Waals surface area contributed by atoms with Crippen molar-refractivity contribution in [3.63, 3.8) is 0 Å². The molecule has 90 valence electrons. The monoisotopic (exact) mass is 251 g/mol. The summed E-state index contributed by atoms with van der Waals surface area (Å²) in [6.45, 7) is 2.87. The van der Waals surface area contributed by atoms with Gasteiger partial charge in [0.1, 0.15) is 6.07 Å². The molecule has 4 nitrogen and oxygen atoms in total. The van der Waals surface area contributed by atoms with Crippen molar-refractivity contribution in [1.82, 2.24) is 5.32 Å². The standard InChI is InChI=1S/C12H14ClN3O/c1-2-5-15-12(17)8-16-10-4-3-9(7-14)11(13)6-10/h3-4,6,16H,2,5,8H2,1H3,(H,15,17). The summed E-state index contributed by atoms with van der Waals surface area (Å²) in [6.07, 6.45) is 0.911. The maximum atomic E-state index is 11.3. The van der Waals surface area contributed by atoms with Crippen LogP contribution in [0.5, 0.6) is 0 Å². The van der Waals surface area contributed by atoms with Gasteiger partial charge in [0.05, 0.1) is 17.1 Å². The lowest BCUT2D eigenvalue weighted by Gasteiger charge is -2.07. The number of nitrogens with zero attached hydrogens (tertiary/aromatic N) is 1. The highest BCUT2D eigenvalue weighted by molar-refractivity contribution is 6.32. The molecule has 0 fully saturated rings. The number of rotatable bonds is 5. The molecule has 1 amide bonds. The number of nitrogens with one attached hydrogen (secondary N) is 2. The van der Waals surface area contributed by atoms with Gasteiger partial charge in [0.25, 0.3) is 0 Å². The van der Waals surface area contributed by atoms with E-state index in [-0.39, 0.29) is 12.5 Å². The number of carbonyl (C=O) groups is 1. The third-order valence-corrected chi connectivity index (χ3v) is 2.43. The average molecular weight is 252 g/mol. The van der Waals surface area contributed by atoms with Crippen LogP contribution in [0.4, 0.5) is 5.69 Å². The summed E-state index contributed by atoms with van der Waals surface area (Å²) in [5.41, 5.74) is 1.15. The summed E-state index contributed by atoms with van der Waals surface area (Å²) < 4.78 is 0. The maximum absolute atomic E-state index is 11.3. The molecule has 1 aromatic rings. The van der Waals surface area contributed by atoms with E-state index in [2.05, 4.69) is 10.6 Å². The molecular formula is C12H14ClN3O. The number of nitriles is 1. The van der Waals surface area contributed by atoms with Crippen molar-refractivity contribution in [2.45, 2.75) is 13.3 Å². The summed E-state index contributed by atoms with van der Waals surface area (Å²) in [6, 6.07) is 6.95. The van der Waals surface area contributed by atoms with Gasteiger partial charge in [0.2, 0.25) is 5.91 Å². The van der Waals surface area contributed by atoms with Crippen LogP contribution in [0.1, 0.15) is 18.9 Å². The zero-order valence-electron chi connectivity index (χ0n) is 9.59. The fourth-order valence-electron chi connectivity index (χ4n) is 1.22. The number of benzene rings is 1. The average Bonchev–Trinajstić information content (AvgIpc) is 2.34. The molecule has 0 heterocycles. The summed E-state index contributed by atoms with van der Waals surface area (Å²) in [7, 11) is 0. The van der Waals surface area contributed by atoms with Gasteiger partial charge in [-0.15, -0.1) is 0 Å². The SMILES string of the molecule is CCCNC(=O)CNc1ccc(C#N)c(Cl)c1. The van der Waals surface area contributed by atoms with Gasteiger partial charge in [-0.2, -0.15) is 5.26 Å². The fourth-order valence-corrected chi connectivity index (χ4v) is 1.45. The number of carbonyl (C=O) groups excluding carboxylic acids is 1. The van der Waals surface area contributed by atoms with Crippen LogP contribution in [0, 0.1) is 11.3 Å². The molecule has 0 radical (unpaired) electrons. The first-order chi connectivity index (χ1) is 8.17. The minimum atomic E-state index is -0.0627. The minimum Gasteiger partial charge on any atom is -0.376 e. The first kappa shape index (κ1) is 13.3. The topological polar surface area (TPSA) is 64.9 Å². The van der Waals surface area contributed by atoms with Gasteiger partial charge in [-0.25, -0.2) is 0 Å². The molecular weight excluding hydrogens is 238 g/mol. The Labute approximate surface area is 106 Å². The smallest absolute Gasteiger partial charge is 0.239 e. The van der Waals surface area contributed by atoms with Gasteiger partial charge < -0.3 is 10.6 Å². The van der Waals surface area contributed by atoms with E-state index in [4.69, 9.17) is 16.9 Å². The van der Waals surface area contributed by atoms with Crippen LogP contribution in [0.2, 0.25) is 5.02 Å². The van der Waals surface area contributed by atoms with E-state index in [0.717, 1.165) is 12.1 Å². The van der Waals surface area contributed by atoms with Crippen molar-refractivity contribution in [3.05, 3.63) is 28.8 Å². The number of hydrogen-bond acceptors (Lipinski definition) is 3. The molecule has 0 saturated carbocycles. The fraction of sp³-hybridized carbons (Fsp3) is 0.333. The Kier molecular flexibility index (Phi) is 5.31. The lowest BCUT2D eigenvalue weighted by molar-refractivity contribution is -0.119.